The first-order valence-corrected chi connectivity index (χ1v) is 8.20. The molecule has 3 aromatic heterocycles. The predicted molar refractivity (Wildman–Crippen MR) is 93.4 cm³/mol. The van der Waals surface area contributed by atoms with Crippen LogP contribution in [0.4, 0.5) is 5.13 Å². The molecule has 0 fully saturated rings. The van der Waals surface area contributed by atoms with Crippen molar-refractivity contribution in [2.24, 2.45) is 7.05 Å². The standard InChI is InChI=1S/C17H15N5S/c1-22-16-8-3-2-6-12(16)14(21-22)10-19-17-20-15(11-23-17)13-7-4-5-9-18-13/h2-9,11H,10H2,1H3,(H,19,20). The Labute approximate surface area is 137 Å². The second-order valence-electron chi connectivity index (χ2n) is 5.19. The first-order valence-electron chi connectivity index (χ1n) is 7.33. The number of rotatable bonds is 4. The number of benzene rings is 1. The van der Waals surface area contributed by atoms with E-state index in [9.17, 15) is 0 Å². The lowest BCUT2D eigenvalue weighted by Crippen LogP contribution is -2.01. The van der Waals surface area contributed by atoms with Crippen molar-refractivity contribution in [3.63, 3.8) is 0 Å². The molecule has 1 aromatic carbocycles. The Kier molecular flexibility index (Phi) is 3.51. The minimum atomic E-state index is 0.649. The summed E-state index contributed by atoms with van der Waals surface area (Å²) in [7, 11) is 1.97. The summed E-state index contributed by atoms with van der Waals surface area (Å²) in [6.07, 6.45) is 1.78. The van der Waals surface area contributed by atoms with Crippen LogP contribution in [0.5, 0.6) is 0 Å². The van der Waals surface area contributed by atoms with Gasteiger partial charge in [-0.1, -0.05) is 24.3 Å². The zero-order valence-electron chi connectivity index (χ0n) is 12.6. The number of anilines is 1. The minimum Gasteiger partial charge on any atom is -0.356 e. The number of hydrogen-bond donors (Lipinski definition) is 1. The third-order valence-electron chi connectivity index (χ3n) is 3.67. The third kappa shape index (κ3) is 2.68. The predicted octanol–water partition coefficient (Wildman–Crippen LogP) is 3.70. The molecule has 0 spiro atoms. The van der Waals surface area contributed by atoms with E-state index in [1.54, 1.807) is 17.5 Å². The molecule has 1 N–H and O–H groups in total. The van der Waals surface area contributed by atoms with Gasteiger partial charge < -0.3 is 5.32 Å². The smallest absolute Gasteiger partial charge is 0.183 e. The maximum Gasteiger partial charge on any atom is 0.183 e. The Morgan fingerprint density at radius 2 is 1.96 bits per heavy atom. The van der Waals surface area contributed by atoms with Gasteiger partial charge in [0.15, 0.2) is 5.13 Å². The number of nitrogens with zero attached hydrogens (tertiary/aromatic N) is 4. The van der Waals surface area contributed by atoms with Crippen LogP contribution in [0.1, 0.15) is 5.69 Å². The van der Waals surface area contributed by atoms with Crippen molar-refractivity contribution in [2.45, 2.75) is 6.54 Å². The fraction of sp³-hybridized carbons (Fsp3) is 0.118. The molecule has 5 nitrogen and oxygen atoms in total. The summed E-state index contributed by atoms with van der Waals surface area (Å²) in [5.41, 5.74) is 3.94. The monoisotopic (exact) mass is 321 g/mol. The van der Waals surface area contributed by atoms with E-state index in [1.807, 2.05) is 47.4 Å². The second kappa shape index (κ2) is 5.81. The average Bonchev–Trinajstić information content (AvgIpc) is 3.19. The second-order valence-corrected chi connectivity index (χ2v) is 6.05. The lowest BCUT2D eigenvalue weighted by molar-refractivity contribution is 0.771. The lowest BCUT2D eigenvalue weighted by Gasteiger charge is -2.00. The van der Waals surface area contributed by atoms with Crippen molar-refractivity contribution in [1.82, 2.24) is 19.7 Å². The number of aryl methyl sites for hydroxylation is 1. The molecular weight excluding hydrogens is 306 g/mol. The summed E-state index contributed by atoms with van der Waals surface area (Å²) >= 11 is 1.58. The average molecular weight is 321 g/mol. The van der Waals surface area contributed by atoms with E-state index in [0.29, 0.717) is 6.54 Å². The molecule has 3 heterocycles. The van der Waals surface area contributed by atoms with E-state index >= 15 is 0 Å². The molecule has 0 aliphatic carbocycles. The van der Waals surface area contributed by atoms with E-state index in [-0.39, 0.29) is 0 Å². The highest BCUT2D eigenvalue weighted by atomic mass is 32.1. The summed E-state index contributed by atoms with van der Waals surface area (Å²) in [5, 5.41) is 12.0. The molecular formula is C17H15N5S. The fourth-order valence-electron chi connectivity index (χ4n) is 2.57. The number of hydrogen-bond acceptors (Lipinski definition) is 5. The minimum absolute atomic E-state index is 0.649. The van der Waals surface area contributed by atoms with E-state index in [0.717, 1.165) is 27.7 Å². The quantitative estimate of drug-likeness (QED) is 0.622. The van der Waals surface area contributed by atoms with Crippen molar-refractivity contribution >= 4 is 27.4 Å². The van der Waals surface area contributed by atoms with E-state index in [4.69, 9.17) is 0 Å². The SMILES string of the molecule is Cn1nc(CNc2nc(-c3ccccn3)cs2)c2ccccc21. The molecule has 0 saturated carbocycles. The van der Waals surface area contributed by atoms with Gasteiger partial charge in [-0.05, 0) is 18.2 Å². The zero-order chi connectivity index (χ0) is 15.6. The van der Waals surface area contributed by atoms with Gasteiger partial charge in [0.05, 0.1) is 23.4 Å². The number of aromatic nitrogens is 4. The molecule has 0 unspecified atom stereocenters. The molecule has 0 atom stereocenters. The van der Waals surface area contributed by atoms with Gasteiger partial charge in [-0.3, -0.25) is 9.67 Å². The van der Waals surface area contributed by atoms with Gasteiger partial charge in [0.2, 0.25) is 0 Å². The summed E-state index contributed by atoms with van der Waals surface area (Å²) in [6, 6.07) is 14.1. The summed E-state index contributed by atoms with van der Waals surface area (Å²) in [6.45, 7) is 0.649. The van der Waals surface area contributed by atoms with E-state index in [1.165, 1.54) is 5.39 Å². The van der Waals surface area contributed by atoms with Crippen LogP contribution in [0, 0.1) is 0 Å². The van der Waals surface area contributed by atoms with Crippen molar-refractivity contribution < 1.29 is 0 Å². The molecule has 0 radical (unpaired) electrons. The normalized spacial score (nSPS) is 11.0. The van der Waals surface area contributed by atoms with Crippen molar-refractivity contribution in [3.05, 3.63) is 59.7 Å². The number of nitrogens with one attached hydrogen (secondary N) is 1. The summed E-state index contributed by atoms with van der Waals surface area (Å²) in [5.74, 6) is 0. The van der Waals surface area contributed by atoms with Gasteiger partial charge in [-0.2, -0.15) is 5.10 Å². The molecule has 0 aliphatic heterocycles. The molecule has 0 amide bonds. The fourth-order valence-corrected chi connectivity index (χ4v) is 3.27. The first kappa shape index (κ1) is 13.9. The Balaban J connectivity index is 1.54. The Morgan fingerprint density at radius 1 is 1.09 bits per heavy atom. The number of pyridine rings is 1. The Hall–Kier alpha value is -2.73. The van der Waals surface area contributed by atoms with Gasteiger partial charge in [-0.15, -0.1) is 11.3 Å². The van der Waals surface area contributed by atoms with Crippen LogP contribution >= 0.6 is 11.3 Å². The molecule has 0 aliphatic rings. The Morgan fingerprint density at radius 3 is 2.83 bits per heavy atom. The van der Waals surface area contributed by atoms with Crippen molar-refractivity contribution in [2.75, 3.05) is 5.32 Å². The molecule has 0 bridgehead atoms. The van der Waals surface area contributed by atoms with Crippen LogP contribution in [0.25, 0.3) is 22.3 Å². The van der Waals surface area contributed by atoms with Crippen LogP contribution in [-0.4, -0.2) is 19.7 Å². The number of thiazole rings is 1. The van der Waals surface area contributed by atoms with Crippen LogP contribution in [0.15, 0.2) is 54.0 Å². The highest BCUT2D eigenvalue weighted by Gasteiger charge is 2.09. The molecule has 0 saturated heterocycles. The zero-order valence-corrected chi connectivity index (χ0v) is 13.4. The van der Waals surface area contributed by atoms with Crippen LogP contribution in [0.3, 0.4) is 0 Å². The largest absolute Gasteiger partial charge is 0.356 e. The molecule has 6 heteroatoms. The first-order chi connectivity index (χ1) is 11.3. The van der Waals surface area contributed by atoms with Gasteiger partial charge in [0, 0.05) is 24.0 Å². The van der Waals surface area contributed by atoms with Crippen molar-refractivity contribution in [1.29, 1.82) is 0 Å². The van der Waals surface area contributed by atoms with E-state index < -0.39 is 0 Å². The molecule has 4 rings (SSSR count). The molecule has 114 valence electrons. The number of fused-ring (bicyclic) bond motifs is 1. The lowest BCUT2D eigenvalue weighted by atomic mass is 10.2. The van der Waals surface area contributed by atoms with Gasteiger partial charge in [-0.25, -0.2) is 4.98 Å². The molecule has 23 heavy (non-hydrogen) atoms. The Bertz CT molecular complexity index is 942. The highest BCUT2D eigenvalue weighted by molar-refractivity contribution is 7.14. The summed E-state index contributed by atoms with van der Waals surface area (Å²) in [4.78, 5) is 8.92. The van der Waals surface area contributed by atoms with Gasteiger partial charge >= 0.3 is 0 Å². The third-order valence-corrected chi connectivity index (χ3v) is 4.47. The van der Waals surface area contributed by atoms with Gasteiger partial charge in [0.25, 0.3) is 0 Å². The maximum atomic E-state index is 4.59. The molecule has 4 aromatic rings. The van der Waals surface area contributed by atoms with Crippen molar-refractivity contribution in [3.8, 4) is 11.4 Å². The highest BCUT2D eigenvalue weighted by Crippen LogP contribution is 2.24. The topological polar surface area (TPSA) is 55.6 Å². The van der Waals surface area contributed by atoms with Crippen LogP contribution in [-0.2, 0) is 13.6 Å². The van der Waals surface area contributed by atoms with Crippen LogP contribution in [0.2, 0.25) is 0 Å². The van der Waals surface area contributed by atoms with Gasteiger partial charge in [0.1, 0.15) is 5.69 Å². The van der Waals surface area contributed by atoms with Crippen LogP contribution < -0.4 is 5.32 Å². The van der Waals surface area contributed by atoms with E-state index in [2.05, 4.69) is 32.5 Å². The maximum absolute atomic E-state index is 4.59. The summed E-state index contributed by atoms with van der Waals surface area (Å²) < 4.78 is 1.91. The number of para-hydroxylation sites is 1.